The van der Waals surface area contributed by atoms with E-state index >= 15 is 0 Å². The third-order valence-corrected chi connectivity index (χ3v) is 5.43. The summed E-state index contributed by atoms with van der Waals surface area (Å²) in [6.07, 6.45) is -1.48. The number of alkyl halides is 3. The number of ketones is 1. The molecule has 0 unspecified atom stereocenters. The van der Waals surface area contributed by atoms with Crippen LogP contribution in [0, 0.1) is 0 Å². The molecule has 0 aliphatic heterocycles. The molecule has 3 heterocycles. The molecule has 10 heteroatoms. The summed E-state index contributed by atoms with van der Waals surface area (Å²) in [4.78, 5) is 17.8. The number of thiazole rings is 1. The Hall–Kier alpha value is -2.91. The lowest BCUT2D eigenvalue weighted by Crippen LogP contribution is -2.19. The minimum atomic E-state index is -4.58. The molecule has 1 N–H and O–H groups in total. The van der Waals surface area contributed by atoms with Crippen molar-refractivity contribution in [2.24, 2.45) is 0 Å². The molecule has 5 nitrogen and oxygen atoms in total. The molecule has 0 radical (unpaired) electrons. The fourth-order valence-electron chi connectivity index (χ4n) is 3.05. The molecule has 148 valence electrons. The molecule has 0 aliphatic carbocycles. The second-order valence-corrected chi connectivity index (χ2v) is 7.87. The van der Waals surface area contributed by atoms with Crippen LogP contribution in [-0.4, -0.2) is 20.4 Å². The highest BCUT2D eigenvalue weighted by Gasteiger charge is 2.35. The van der Waals surface area contributed by atoms with Crippen LogP contribution in [0.5, 0.6) is 5.88 Å². The molecule has 0 atom stereocenters. The first-order valence-electron chi connectivity index (χ1n) is 8.29. The van der Waals surface area contributed by atoms with E-state index in [2.05, 4.69) is 4.98 Å². The number of benzene rings is 1. The maximum atomic E-state index is 13.1. The number of carbonyl (C=O) groups is 1. The minimum Gasteiger partial charge on any atom is -0.474 e. The van der Waals surface area contributed by atoms with Crippen LogP contribution < -0.4 is 4.40 Å². The quantitative estimate of drug-likeness (QED) is 0.381. The van der Waals surface area contributed by atoms with Gasteiger partial charge in [0, 0.05) is 17.8 Å². The van der Waals surface area contributed by atoms with Crippen LogP contribution in [0.4, 0.5) is 13.2 Å². The average Bonchev–Trinajstić information content (AvgIpc) is 3.22. The van der Waals surface area contributed by atoms with Gasteiger partial charge in [0.2, 0.25) is 5.78 Å². The molecule has 0 fully saturated rings. The zero-order valence-corrected chi connectivity index (χ0v) is 16.1. The van der Waals surface area contributed by atoms with Gasteiger partial charge in [-0.2, -0.15) is 17.6 Å². The summed E-state index contributed by atoms with van der Waals surface area (Å²) in [6.45, 7) is 0.165. The largest absolute Gasteiger partial charge is 0.474 e. The Morgan fingerprint density at radius 2 is 2.03 bits per heavy atom. The molecular weight excluding hydrogens is 427 g/mol. The number of halogens is 4. The summed E-state index contributed by atoms with van der Waals surface area (Å²) in [5, 5.41) is 10.7. The number of fused-ring (bicyclic) bond motifs is 1. The predicted molar refractivity (Wildman–Crippen MR) is 100 cm³/mol. The van der Waals surface area contributed by atoms with Crippen molar-refractivity contribution in [3.63, 3.8) is 0 Å². The Morgan fingerprint density at radius 3 is 2.72 bits per heavy atom. The smallest absolute Gasteiger partial charge is 0.416 e. The number of carbonyl (C=O) groups excluding carboxylic acids is 1. The van der Waals surface area contributed by atoms with Gasteiger partial charge in [0.1, 0.15) is 6.54 Å². The number of nitrogens with zero attached hydrogens (tertiary/aromatic N) is 3. The van der Waals surface area contributed by atoms with Crippen LogP contribution in [0.25, 0.3) is 5.65 Å². The Balaban J connectivity index is 1.88. The van der Waals surface area contributed by atoms with E-state index < -0.39 is 17.5 Å². The molecule has 3 aromatic heterocycles. The van der Waals surface area contributed by atoms with Gasteiger partial charge in [-0.15, -0.1) is 11.3 Å². The SMILES string of the molecule is O=C(c1cccc(C(F)(F)F)c1)c1c(O)[n+]2ccccc2n1Cc1cnc(Cl)s1. The normalized spacial score (nSPS) is 11.9. The Morgan fingerprint density at radius 1 is 1.24 bits per heavy atom. The van der Waals surface area contributed by atoms with Gasteiger partial charge in [-0.25, -0.2) is 9.55 Å². The van der Waals surface area contributed by atoms with E-state index in [0.29, 0.717) is 10.1 Å². The van der Waals surface area contributed by atoms with Crippen LogP contribution in [0.15, 0.2) is 54.9 Å². The van der Waals surface area contributed by atoms with E-state index in [0.717, 1.165) is 23.1 Å². The number of pyridine rings is 1. The van der Waals surface area contributed by atoms with Crippen LogP contribution in [0.1, 0.15) is 26.5 Å². The first-order valence-corrected chi connectivity index (χ1v) is 9.49. The Bertz CT molecular complexity index is 1230. The maximum Gasteiger partial charge on any atom is 0.416 e. The first kappa shape index (κ1) is 19.4. The van der Waals surface area contributed by atoms with Crippen LogP contribution >= 0.6 is 22.9 Å². The fraction of sp³-hybridized carbons (Fsp3) is 0.105. The second-order valence-electron chi connectivity index (χ2n) is 6.17. The van der Waals surface area contributed by atoms with Gasteiger partial charge in [-0.1, -0.05) is 29.8 Å². The summed E-state index contributed by atoms with van der Waals surface area (Å²) in [7, 11) is 0. The topological polar surface area (TPSA) is 59.2 Å². The van der Waals surface area contributed by atoms with Gasteiger partial charge in [-0.05, 0) is 18.2 Å². The van der Waals surface area contributed by atoms with Crippen molar-refractivity contribution in [2.45, 2.75) is 12.7 Å². The molecule has 4 rings (SSSR count). The highest BCUT2D eigenvalue weighted by molar-refractivity contribution is 7.15. The third kappa shape index (κ3) is 3.58. The second kappa shape index (κ2) is 7.16. The van der Waals surface area contributed by atoms with E-state index in [-0.39, 0.29) is 23.7 Å². The van der Waals surface area contributed by atoms with Gasteiger partial charge in [0.05, 0.1) is 16.6 Å². The van der Waals surface area contributed by atoms with Crippen molar-refractivity contribution in [2.75, 3.05) is 0 Å². The third-order valence-electron chi connectivity index (χ3n) is 4.33. The lowest BCUT2D eigenvalue weighted by atomic mass is 10.0. The van der Waals surface area contributed by atoms with E-state index in [4.69, 9.17) is 11.6 Å². The first-order chi connectivity index (χ1) is 13.8. The van der Waals surface area contributed by atoms with Crippen molar-refractivity contribution >= 4 is 34.4 Å². The van der Waals surface area contributed by atoms with Crippen LogP contribution in [0.3, 0.4) is 0 Å². The standard InChI is InChI=1S/C19H11ClF3N3O2S/c20-18-24-9-13(29-18)10-26-14-6-1-2-7-25(14)17(28)15(26)16(27)11-4-3-5-12(8-11)19(21,22)23/h1-9H,10H2/p+1. The molecule has 1 aromatic carbocycles. The monoisotopic (exact) mass is 438 g/mol. The molecule has 0 amide bonds. The molecule has 0 aliphatic rings. The Kier molecular flexibility index (Phi) is 4.79. The molecule has 0 spiro atoms. The number of rotatable bonds is 4. The van der Waals surface area contributed by atoms with E-state index in [1.54, 1.807) is 30.6 Å². The van der Waals surface area contributed by atoms with E-state index in [1.807, 2.05) is 0 Å². The number of aromatic hydroxyl groups is 1. The molecule has 0 saturated heterocycles. The number of aromatic nitrogens is 3. The molecule has 0 saturated carbocycles. The van der Waals surface area contributed by atoms with Gasteiger partial charge in [0.25, 0.3) is 11.3 Å². The summed E-state index contributed by atoms with van der Waals surface area (Å²) in [5.74, 6) is -1.09. The molecular formula is C19H12ClF3N3O2S+. The lowest BCUT2D eigenvalue weighted by Gasteiger charge is -2.07. The summed E-state index contributed by atoms with van der Waals surface area (Å²) in [5.41, 5.74) is -0.751. The van der Waals surface area contributed by atoms with Crippen molar-refractivity contribution in [3.8, 4) is 5.88 Å². The minimum absolute atomic E-state index is 0.125. The van der Waals surface area contributed by atoms with Crippen molar-refractivity contribution < 1.29 is 27.5 Å². The number of hydrogen-bond donors (Lipinski definition) is 1. The predicted octanol–water partition coefficient (Wildman–Crippen LogP) is 4.34. The molecule has 29 heavy (non-hydrogen) atoms. The highest BCUT2D eigenvalue weighted by atomic mass is 35.5. The van der Waals surface area contributed by atoms with Crippen molar-refractivity contribution in [1.82, 2.24) is 9.55 Å². The molecule has 0 bridgehead atoms. The van der Waals surface area contributed by atoms with Crippen LogP contribution in [0.2, 0.25) is 4.47 Å². The van der Waals surface area contributed by atoms with Crippen molar-refractivity contribution in [1.29, 1.82) is 0 Å². The van der Waals surface area contributed by atoms with Gasteiger partial charge in [-0.3, -0.25) is 4.79 Å². The lowest BCUT2D eigenvalue weighted by molar-refractivity contribution is -0.521. The maximum absolute atomic E-state index is 13.1. The summed E-state index contributed by atoms with van der Waals surface area (Å²) >= 11 is 7.08. The number of hydrogen-bond acceptors (Lipinski definition) is 4. The zero-order chi connectivity index (χ0) is 20.8. The van der Waals surface area contributed by atoms with Gasteiger partial charge in [0.15, 0.2) is 4.47 Å². The molecule has 4 aromatic rings. The van der Waals surface area contributed by atoms with E-state index in [1.165, 1.54) is 26.4 Å². The summed E-state index contributed by atoms with van der Waals surface area (Å²) < 4.78 is 42.4. The zero-order valence-electron chi connectivity index (χ0n) is 14.5. The highest BCUT2D eigenvalue weighted by Crippen LogP contribution is 2.31. The van der Waals surface area contributed by atoms with Crippen LogP contribution in [-0.2, 0) is 12.7 Å². The van der Waals surface area contributed by atoms with Gasteiger partial charge >= 0.3 is 12.1 Å². The summed E-state index contributed by atoms with van der Waals surface area (Å²) in [6, 6.07) is 9.19. The van der Waals surface area contributed by atoms with Crippen molar-refractivity contribution in [3.05, 3.63) is 81.0 Å². The average molecular weight is 439 g/mol. The van der Waals surface area contributed by atoms with Gasteiger partial charge < -0.3 is 5.11 Å². The van der Waals surface area contributed by atoms with E-state index in [9.17, 15) is 23.1 Å². The Labute approximate surface area is 171 Å². The fourth-order valence-corrected chi connectivity index (χ4v) is 4.02. The number of imidazole rings is 1.